The van der Waals surface area contributed by atoms with Gasteiger partial charge in [-0.1, -0.05) is 18.2 Å². The van der Waals surface area contributed by atoms with E-state index in [9.17, 15) is 9.18 Å². The van der Waals surface area contributed by atoms with Gasteiger partial charge in [0.15, 0.2) is 5.96 Å². The number of aliphatic imine (C=N–C) groups is 1. The van der Waals surface area contributed by atoms with Gasteiger partial charge in [-0.3, -0.25) is 4.79 Å². The predicted octanol–water partition coefficient (Wildman–Crippen LogP) is 3.59. The van der Waals surface area contributed by atoms with Crippen molar-refractivity contribution >= 4 is 35.8 Å². The second-order valence-electron chi connectivity index (χ2n) is 7.13. The number of nitrogens with one attached hydrogen (secondary N) is 2. The van der Waals surface area contributed by atoms with Gasteiger partial charge in [-0.2, -0.15) is 0 Å². The molecule has 2 aromatic rings. The molecule has 0 atom stereocenters. The third-order valence-electron chi connectivity index (χ3n) is 4.46. The summed E-state index contributed by atoms with van der Waals surface area (Å²) in [5, 5.41) is 6.52. The van der Waals surface area contributed by atoms with Gasteiger partial charge < -0.3 is 20.3 Å². The molecule has 31 heavy (non-hydrogen) atoms. The van der Waals surface area contributed by atoms with Gasteiger partial charge in [0, 0.05) is 45.4 Å². The van der Waals surface area contributed by atoms with Crippen molar-refractivity contribution in [2.24, 2.45) is 4.99 Å². The molecule has 0 aliphatic heterocycles. The number of hydrogen-bond acceptors (Lipinski definition) is 3. The molecular formula is C23H32FIN4O2. The number of ether oxygens (including phenoxy) is 1. The van der Waals surface area contributed by atoms with E-state index in [-0.39, 0.29) is 42.3 Å². The lowest BCUT2D eigenvalue weighted by atomic mass is 10.1. The highest BCUT2D eigenvalue weighted by molar-refractivity contribution is 14.0. The predicted molar refractivity (Wildman–Crippen MR) is 134 cm³/mol. The zero-order valence-corrected chi connectivity index (χ0v) is 20.9. The first kappa shape index (κ1) is 26.8. The summed E-state index contributed by atoms with van der Waals surface area (Å²) in [6.45, 7) is 4.07. The molecule has 1 amide bonds. The van der Waals surface area contributed by atoms with Crippen molar-refractivity contribution in [2.75, 3.05) is 34.3 Å². The van der Waals surface area contributed by atoms with Gasteiger partial charge in [0.25, 0.3) is 5.91 Å². The smallest absolute Gasteiger partial charge is 0.253 e. The minimum Gasteiger partial charge on any atom is -0.380 e. The number of guanidine groups is 1. The maximum absolute atomic E-state index is 13.8. The Morgan fingerprint density at radius 3 is 2.58 bits per heavy atom. The van der Waals surface area contributed by atoms with Gasteiger partial charge in [-0.15, -0.1) is 24.0 Å². The summed E-state index contributed by atoms with van der Waals surface area (Å²) in [5.74, 6) is 0.409. The van der Waals surface area contributed by atoms with Crippen LogP contribution >= 0.6 is 24.0 Å². The van der Waals surface area contributed by atoms with Crippen LogP contribution in [0, 0.1) is 5.82 Å². The van der Waals surface area contributed by atoms with E-state index in [0.717, 1.165) is 24.1 Å². The molecule has 0 bridgehead atoms. The first-order valence-electron chi connectivity index (χ1n) is 10.0. The Morgan fingerprint density at radius 1 is 1.13 bits per heavy atom. The summed E-state index contributed by atoms with van der Waals surface area (Å²) in [6.07, 6.45) is 0.757. The molecule has 170 valence electrons. The van der Waals surface area contributed by atoms with E-state index in [2.05, 4.69) is 15.6 Å². The normalized spacial score (nSPS) is 10.9. The highest BCUT2D eigenvalue weighted by Crippen LogP contribution is 2.12. The molecule has 0 unspecified atom stereocenters. The number of amides is 1. The average Bonchev–Trinajstić information content (AvgIpc) is 2.73. The third kappa shape index (κ3) is 8.82. The first-order chi connectivity index (χ1) is 14.4. The van der Waals surface area contributed by atoms with Crippen molar-refractivity contribution in [3.8, 4) is 0 Å². The molecule has 0 radical (unpaired) electrons. The Balaban J connectivity index is 0.00000480. The summed E-state index contributed by atoms with van der Waals surface area (Å²) >= 11 is 0. The SMILES string of the molecule is CCNC(=NCc1ccc(F)c(COC)c1)NCCc1cccc(C(=O)N(C)C)c1.I. The molecule has 2 N–H and O–H groups in total. The van der Waals surface area contributed by atoms with Crippen molar-refractivity contribution in [1.29, 1.82) is 0 Å². The molecule has 8 heteroatoms. The van der Waals surface area contributed by atoms with Crippen molar-refractivity contribution in [2.45, 2.75) is 26.5 Å². The number of hydrogen-bond donors (Lipinski definition) is 2. The van der Waals surface area contributed by atoms with Crippen molar-refractivity contribution in [3.63, 3.8) is 0 Å². The van der Waals surface area contributed by atoms with Crippen LogP contribution in [0.25, 0.3) is 0 Å². The zero-order valence-electron chi connectivity index (χ0n) is 18.6. The minimum absolute atomic E-state index is 0. The lowest BCUT2D eigenvalue weighted by Crippen LogP contribution is -2.38. The molecule has 0 spiro atoms. The molecule has 0 aliphatic rings. The van der Waals surface area contributed by atoms with E-state index in [0.29, 0.717) is 30.2 Å². The van der Waals surface area contributed by atoms with Crippen LogP contribution in [0.15, 0.2) is 47.5 Å². The van der Waals surface area contributed by atoms with E-state index >= 15 is 0 Å². The number of nitrogens with zero attached hydrogens (tertiary/aromatic N) is 2. The van der Waals surface area contributed by atoms with Crippen molar-refractivity contribution in [1.82, 2.24) is 15.5 Å². The van der Waals surface area contributed by atoms with Crippen LogP contribution in [-0.4, -0.2) is 51.1 Å². The Hall–Kier alpha value is -2.20. The lowest BCUT2D eigenvalue weighted by Gasteiger charge is -2.13. The Morgan fingerprint density at radius 2 is 1.90 bits per heavy atom. The standard InChI is InChI=1S/C23H31FN4O2.HI/c1-5-25-23(27-15-18-9-10-21(24)20(14-18)16-30-4)26-12-11-17-7-6-8-19(13-17)22(29)28(2)3;/h6-10,13-14H,5,11-12,15-16H2,1-4H3,(H2,25,26,27);1H. The molecule has 0 saturated heterocycles. The lowest BCUT2D eigenvalue weighted by molar-refractivity contribution is 0.0827. The van der Waals surface area contributed by atoms with Gasteiger partial charge in [-0.05, 0) is 48.7 Å². The van der Waals surface area contributed by atoms with E-state index in [4.69, 9.17) is 4.74 Å². The molecule has 0 aliphatic carbocycles. The van der Waals surface area contributed by atoms with E-state index in [1.807, 2.05) is 31.2 Å². The maximum atomic E-state index is 13.8. The number of benzene rings is 2. The van der Waals surface area contributed by atoms with Gasteiger partial charge >= 0.3 is 0 Å². The van der Waals surface area contributed by atoms with Crippen LogP contribution in [-0.2, 0) is 24.3 Å². The van der Waals surface area contributed by atoms with Gasteiger partial charge in [0.05, 0.1) is 13.2 Å². The summed E-state index contributed by atoms with van der Waals surface area (Å²) in [5.41, 5.74) is 3.20. The summed E-state index contributed by atoms with van der Waals surface area (Å²) in [4.78, 5) is 18.3. The average molecular weight is 542 g/mol. The fourth-order valence-electron chi connectivity index (χ4n) is 2.95. The summed E-state index contributed by atoms with van der Waals surface area (Å²) < 4.78 is 18.8. The Kier molecular flexibility index (Phi) is 12.1. The molecule has 0 aromatic heterocycles. The van der Waals surface area contributed by atoms with Crippen LogP contribution in [0.3, 0.4) is 0 Å². The van der Waals surface area contributed by atoms with Gasteiger partial charge in [0.2, 0.25) is 0 Å². The highest BCUT2D eigenvalue weighted by atomic mass is 127. The second kappa shape index (κ2) is 14.0. The van der Waals surface area contributed by atoms with Crippen LogP contribution < -0.4 is 10.6 Å². The number of methoxy groups -OCH3 is 1. The Bertz CT molecular complexity index is 874. The number of rotatable bonds is 9. The molecule has 0 saturated carbocycles. The first-order valence-corrected chi connectivity index (χ1v) is 10.0. The number of carbonyl (C=O) groups is 1. The van der Waals surface area contributed by atoms with E-state index < -0.39 is 0 Å². The zero-order chi connectivity index (χ0) is 21.9. The van der Waals surface area contributed by atoms with Gasteiger partial charge in [-0.25, -0.2) is 9.38 Å². The van der Waals surface area contributed by atoms with Crippen LogP contribution in [0.4, 0.5) is 4.39 Å². The monoisotopic (exact) mass is 542 g/mol. The molecule has 2 rings (SSSR count). The van der Waals surface area contributed by atoms with Crippen molar-refractivity contribution < 1.29 is 13.9 Å². The maximum Gasteiger partial charge on any atom is 0.253 e. The summed E-state index contributed by atoms with van der Waals surface area (Å²) in [6, 6.07) is 12.6. The van der Waals surface area contributed by atoms with E-state index in [1.165, 1.54) is 6.07 Å². The molecular weight excluding hydrogens is 510 g/mol. The van der Waals surface area contributed by atoms with E-state index in [1.54, 1.807) is 38.2 Å². The number of carbonyl (C=O) groups excluding carboxylic acids is 1. The van der Waals surface area contributed by atoms with Crippen LogP contribution in [0.2, 0.25) is 0 Å². The Labute approximate surface area is 201 Å². The molecule has 2 aromatic carbocycles. The quantitative estimate of drug-likeness (QED) is 0.289. The minimum atomic E-state index is -0.274. The molecule has 0 heterocycles. The summed E-state index contributed by atoms with van der Waals surface area (Å²) in [7, 11) is 5.04. The van der Waals surface area contributed by atoms with Crippen LogP contribution in [0.5, 0.6) is 0 Å². The highest BCUT2D eigenvalue weighted by Gasteiger charge is 2.08. The topological polar surface area (TPSA) is 66.0 Å². The number of halogens is 2. The van der Waals surface area contributed by atoms with Gasteiger partial charge in [0.1, 0.15) is 5.82 Å². The fraction of sp³-hybridized carbons (Fsp3) is 0.391. The second-order valence-corrected chi connectivity index (χ2v) is 7.13. The van der Waals surface area contributed by atoms with Crippen molar-refractivity contribution in [3.05, 3.63) is 70.5 Å². The van der Waals surface area contributed by atoms with Crippen LogP contribution in [0.1, 0.15) is 34.0 Å². The third-order valence-corrected chi connectivity index (χ3v) is 4.46. The largest absolute Gasteiger partial charge is 0.380 e. The fourth-order valence-corrected chi connectivity index (χ4v) is 2.95. The molecule has 0 fully saturated rings. The molecule has 6 nitrogen and oxygen atoms in total.